The third-order valence-electron chi connectivity index (χ3n) is 5.22. The standard InChI is InChI=1S/C23H30O/c1-6-8-9-11-17-14-16(3)21-20(15-17)24-23(4,5)19-13-10-12-18(7-2)22(19)21/h10,12-15H,6-9,11H2,1-5H3. The van der Waals surface area contributed by atoms with Crippen LogP contribution in [0.3, 0.4) is 0 Å². The van der Waals surface area contributed by atoms with E-state index >= 15 is 0 Å². The first-order valence-electron chi connectivity index (χ1n) is 9.43. The van der Waals surface area contributed by atoms with Crippen LogP contribution in [-0.4, -0.2) is 0 Å². The molecule has 0 fully saturated rings. The molecule has 0 atom stereocenters. The Balaban J connectivity index is 2.13. The quantitative estimate of drug-likeness (QED) is 0.565. The van der Waals surface area contributed by atoms with Gasteiger partial charge in [-0.05, 0) is 68.4 Å². The molecule has 1 heterocycles. The highest BCUT2D eigenvalue weighted by atomic mass is 16.5. The van der Waals surface area contributed by atoms with Crippen LogP contribution in [0.15, 0.2) is 30.3 Å². The summed E-state index contributed by atoms with van der Waals surface area (Å²) >= 11 is 0. The smallest absolute Gasteiger partial charge is 0.129 e. The number of fused-ring (bicyclic) bond motifs is 3. The van der Waals surface area contributed by atoms with Gasteiger partial charge in [0, 0.05) is 11.1 Å². The summed E-state index contributed by atoms with van der Waals surface area (Å²) in [5.41, 5.74) is 7.93. The average Bonchev–Trinajstić information content (AvgIpc) is 2.53. The van der Waals surface area contributed by atoms with Crippen molar-refractivity contribution in [1.82, 2.24) is 0 Å². The SMILES string of the molecule is CCCCCc1cc(C)c2c(c1)OC(C)(C)c1cccc(CC)c1-2. The summed E-state index contributed by atoms with van der Waals surface area (Å²) in [7, 11) is 0. The maximum absolute atomic E-state index is 6.47. The minimum Gasteiger partial charge on any atom is -0.482 e. The lowest BCUT2D eigenvalue weighted by Gasteiger charge is -2.37. The second-order valence-corrected chi connectivity index (χ2v) is 7.55. The third-order valence-corrected chi connectivity index (χ3v) is 5.22. The van der Waals surface area contributed by atoms with Crippen molar-refractivity contribution in [1.29, 1.82) is 0 Å². The molecule has 2 aromatic carbocycles. The number of unbranched alkanes of at least 4 members (excludes halogenated alkanes) is 2. The number of aryl methyl sites for hydroxylation is 3. The Hall–Kier alpha value is -1.76. The van der Waals surface area contributed by atoms with E-state index in [1.165, 1.54) is 52.6 Å². The van der Waals surface area contributed by atoms with Crippen LogP contribution in [0.1, 0.15) is 69.2 Å². The fourth-order valence-electron chi connectivity index (χ4n) is 3.97. The Morgan fingerprint density at radius 2 is 1.79 bits per heavy atom. The molecular formula is C23H30O. The second-order valence-electron chi connectivity index (χ2n) is 7.55. The van der Waals surface area contributed by atoms with Gasteiger partial charge in [-0.1, -0.05) is 51.0 Å². The van der Waals surface area contributed by atoms with E-state index < -0.39 is 0 Å². The van der Waals surface area contributed by atoms with Crippen LogP contribution in [0.4, 0.5) is 0 Å². The summed E-state index contributed by atoms with van der Waals surface area (Å²) in [6.07, 6.45) is 6.02. The molecule has 0 amide bonds. The summed E-state index contributed by atoms with van der Waals surface area (Å²) in [6.45, 7) is 11.1. The summed E-state index contributed by atoms with van der Waals surface area (Å²) in [6, 6.07) is 11.3. The first-order valence-corrected chi connectivity index (χ1v) is 9.43. The molecule has 0 aromatic heterocycles. The monoisotopic (exact) mass is 322 g/mol. The Bertz CT molecular complexity index is 740. The van der Waals surface area contributed by atoms with Crippen LogP contribution < -0.4 is 4.74 Å². The molecule has 1 nitrogen and oxygen atoms in total. The predicted molar refractivity (Wildman–Crippen MR) is 103 cm³/mol. The zero-order chi connectivity index (χ0) is 17.3. The molecule has 0 unspecified atom stereocenters. The van der Waals surface area contributed by atoms with E-state index in [4.69, 9.17) is 4.74 Å². The molecule has 1 heteroatoms. The van der Waals surface area contributed by atoms with Crippen LogP contribution in [-0.2, 0) is 18.4 Å². The first kappa shape index (κ1) is 17.1. The van der Waals surface area contributed by atoms with Crippen molar-refractivity contribution in [3.05, 3.63) is 52.6 Å². The second kappa shape index (κ2) is 6.63. The highest BCUT2D eigenvalue weighted by Gasteiger charge is 2.34. The van der Waals surface area contributed by atoms with E-state index in [1.54, 1.807) is 0 Å². The van der Waals surface area contributed by atoms with Crippen molar-refractivity contribution in [2.24, 2.45) is 0 Å². The highest BCUT2D eigenvalue weighted by molar-refractivity contribution is 5.82. The molecule has 24 heavy (non-hydrogen) atoms. The number of ether oxygens (including phenoxy) is 1. The van der Waals surface area contributed by atoms with Gasteiger partial charge in [0.2, 0.25) is 0 Å². The summed E-state index contributed by atoms with van der Waals surface area (Å²) in [4.78, 5) is 0. The Kier molecular flexibility index (Phi) is 4.71. The number of hydrogen-bond donors (Lipinski definition) is 0. The van der Waals surface area contributed by atoms with E-state index in [9.17, 15) is 0 Å². The minimum atomic E-state index is -0.276. The van der Waals surface area contributed by atoms with Crippen LogP contribution in [0.2, 0.25) is 0 Å². The molecule has 0 radical (unpaired) electrons. The van der Waals surface area contributed by atoms with Crippen LogP contribution in [0.5, 0.6) is 5.75 Å². The molecule has 0 bridgehead atoms. The van der Waals surface area contributed by atoms with Crippen molar-refractivity contribution >= 4 is 0 Å². The summed E-state index contributed by atoms with van der Waals surface area (Å²) in [5.74, 6) is 1.07. The minimum absolute atomic E-state index is 0.276. The number of rotatable bonds is 5. The van der Waals surface area contributed by atoms with E-state index in [0.717, 1.165) is 18.6 Å². The predicted octanol–water partition coefficient (Wildman–Crippen LogP) is 6.58. The van der Waals surface area contributed by atoms with Crippen LogP contribution in [0.25, 0.3) is 11.1 Å². The van der Waals surface area contributed by atoms with Gasteiger partial charge in [-0.25, -0.2) is 0 Å². The van der Waals surface area contributed by atoms with E-state index in [-0.39, 0.29) is 5.60 Å². The molecule has 0 saturated carbocycles. The van der Waals surface area contributed by atoms with Gasteiger partial charge in [-0.3, -0.25) is 0 Å². The summed E-state index contributed by atoms with van der Waals surface area (Å²) in [5, 5.41) is 0. The zero-order valence-electron chi connectivity index (χ0n) is 15.8. The van der Waals surface area contributed by atoms with Gasteiger partial charge < -0.3 is 4.74 Å². The zero-order valence-corrected chi connectivity index (χ0v) is 15.8. The number of hydrogen-bond acceptors (Lipinski definition) is 1. The van der Waals surface area contributed by atoms with Crippen molar-refractivity contribution in [2.75, 3.05) is 0 Å². The van der Waals surface area contributed by atoms with Crippen molar-refractivity contribution < 1.29 is 4.74 Å². The molecule has 2 aromatic rings. The topological polar surface area (TPSA) is 9.23 Å². The molecule has 1 aliphatic heterocycles. The van der Waals surface area contributed by atoms with Crippen molar-refractivity contribution in [3.8, 4) is 16.9 Å². The fraction of sp³-hybridized carbons (Fsp3) is 0.478. The van der Waals surface area contributed by atoms with Gasteiger partial charge in [0.25, 0.3) is 0 Å². The lowest BCUT2D eigenvalue weighted by atomic mass is 9.81. The molecular weight excluding hydrogens is 292 g/mol. The van der Waals surface area contributed by atoms with Crippen molar-refractivity contribution in [2.45, 2.75) is 72.3 Å². The average molecular weight is 322 g/mol. The largest absolute Gasteiger partial charge is 0.482 e. The van der Waals surface area contributed by atoms with Crippen LogP contribution >= 0.6 is 0 Å². The molecule has 128 valence electrons. The van der Waals surface area contributed by atoms with Gasteiger partial charge in [-0.2, -0.15) is 0 Å². The Morgan fingerprint density at radius 3 is 2.50 bits per heavy atom. The molecule has 0 N–H and O–H groups in total. The van der Waals surface area contributed by atoms with Gasteiger partial charge in [-0.15, -0.1) is 0 Å². The fourth-order valence-corrected chi connectivity index (χ4v) is 3.97. The lowest BCUT2D eigenvalue weighted by Crippen LogP contribution is -2.30. The molecule has 0 saturated heterocycles. The summed E-state index contributed by atoms with van der Waals surface area (Å²) < 4.78 is 6.47. The molecule has 3 rings (SSSR count). The Labute approximate surface area is 147 Å². The van der Waals surface area contributed by atoms with Crippen LogP contribution in [0, 0.1) is 6.92 Å². The van der Waals surface area contributed by atoms with Gasteiger partial charge in [0.1, 0.15) is 11.4 Å². The normalized spacial score (nSPS) is 14.7. The van der Waals surface area contributed by atoms with E-state index in [2.05, 4.69) is 65.0 Å². The maximum atomic E-state index is 6.47. The van der Waals surface area contributed by atoms with Gasteiger partial charge >= 0.3 is 0 Å². The van der Waals surface area contributed by atoms with E-state index in [1.807, 2.05) is 0 Å². The maximum Gasteiger partial charge on any atom is 0.129 e. The van der Waals surface area contributed by atoms with E-state index in [0.29, 0.717) is 0 Å². The highest BCUT2D eigenvalue weighted by Crippen LogP contribution is 2.48. The van der Waals surface area contributed by atoms with Gasteiger partial charge in [0.05, 0.1) is 0 Å². The first-order chi connectivity index (χ1) is 11.5. The Morgan fingerprint density at radius 1 is 1.00 bits per heavy atom. The molecule has 1 aliphatic rings. The van der Waals surface area contributed by atoms with Gasteiger partial charge in [0.15, 0.2) is 0 Å². The molecule has 0 aliphatic carbocycles. The third kappa shape index (κ3) is 2.97. The number of benzene rings is 2. The molecule has 0 spiro atoms. The lowest BCUT2D eigenvalue weighted by molar-refractivity contribution is 0.105. The van der Waals surface area contributed by atoms with Crippen molar-refractivity contribution in [3.63, 3.8) is 0 Å².